The molecule has 11 nitrogen and oxygen atoms in total. The Hall–Kier alpha value is -3.51. The van der Waals surface area contributed by atoms with Gasteiger partial charge in [0.15, 0.2) is 11.4 Å². The number of rotatable bonds is 4. The zero-order chi connectivity index (χ0) is 22.5. The second kappa shape index (κ2) is 7.57. The quantitative estimate of drug-likeness (QED) is 0.446. The summed E-state index contributed by atoms with van der Waals surface area (Å²) in [5.41, 5.74) is 1.68. The Morgan fingerprint density at radius 1 is 1.00 bits per heavy atom. The van der Waals surface area contributed by atoms with Crippen LogP contribution in [0.3, 0.4) is 0 Å². The number of hydrogen-bond donors (Lipinski definition) is 0. The van der Waals surface area contributed by atoms with E-state index < -0.39 is 15.8 Å². The molecule has 0 saturated carbocycles. The molecule has 0 bridgehead atoms. The van der Waals surface area contributed by atoms with Gasteiger partial charge in [-0.05, 0) is 31.2 Å². The second-order valence-electron chi connectivity index (χ2n) is 7.58. The molecule has 1 aliphatic rings. The molecule has 32 heavy (non-hydrogen) atoms. The molecule has 4 heterocycles. The van der Waals surface area contributed by atoms with Gasteiger partial charge in [0.1, 0.15) is 12.1 Å². The number of aromatic nitrogens is 5. The van der Waals surface area contributed by atoms with E-state index in [2.05, 4.69) is 15.1 Å². The third-order valence-electron chi connectivity index (χ3n) is 5.56. The first-order chi connectivity index (χ1) is 15.3. The van der Waals surface area contributed by atoms with Crippen LogP contribution in [-0.2, 0) is 17.1 Å². The average molecular weight is 456 g/mol. The van der Waals surface area contributed by atoms with Crippen molar-refractivity contribution in [2.45, 2.75) is 11.8 Å². The van der Waals surface area contributed by atoms with Crippen LogP contribution in [0, 0.1) is 6.92 Å². The molecule has 0 spiro atoms. The van der Waals surface area contributed by atoms with Gasteiger partial charge in [-0.3, -0.25) is 4.57 Å². The van der Waals surface area contributed by atoms with Crippen molar-refractivity contribution in [3.8, 4) is 5.82 Å². The minimum Gasteiger partial charge on any atom is -0.408 e. The summed E-state index contributed by atoms with van der Waals surface area (Å²) in [6, 6.07) is 8.19. The normalized spacial score (nSPS) is 15.5. The van der Waals surface area contributed by atoms with E-state index in [0.29, 0.717) is 43.1 Å². The topological polar surface area (TPSA) is 119 Å². The van der Waals surface area contributed by atoms with Crippen molar-refractivity contribution in [2.75, 3.05) is 31.1 Å². The first-order valence-corrected chi connectivity index (χ1v) is 11.5. The lowest BCUT2D eigenvalue weighted by molar-refractivity contribution is 0.384. The molecule has 4 aromatic rings. The van der Waals surface area contributed by atoms with E-state index in [1.807, 2.05) is 30.2 Å². The van der Waals surface area contributed by atoms with Crippen molar-refractivity contribution in [1.82, 2.24) is 28.6 Å². The van der Waals surface area contributed by atoms with Crippen LogP contribution in [0.1, 0.15) is 5.69 Å². The predicted octanol–water partition coefficient (Wildman–Crippen LogP) is 0.927. The summed E-state index contributed by atoms with van der Waals surface area (Å²) >= 11 is 0. The smallest absolute Gasteiger partial charge is 0.408 e. The van der Waals surface area contributed by atoms with Crippen LogP contribution in [0.25, 0.3) is 16.9 Å². The van der Waals surface area contributed by atoms with Gasteiger partial charge in [0.05, 0.1) is 16.1 Å². The molecule has 166 valence electrons. The summed E-state index contributed by atoms with van der Waals surface area (Å²) in [4.78, 5) is 22.5. The zero-order valence-corrected chi connectivity index (χ0v) is 18.4. The first-order valence-electron chi connectivity index (χ1n) is 10.0. The molecule has 3 aromatic heterocycles. The van der Waals surface area contributed by atoms with Gasteiger partial charge in [0.25, 0.3) is 0 Å². The van der Waals surface area contributed by atoms with E-state index in [9.17, 15) is 13.2 Å². The number of nitrogens with zero attached hydrogens (tertiary/aromatic N) is 7. The average Bonchev–Trinajstić information content (AvgIpc) is 3.36. The summed E-state index contributed by atoms with van der Waals surface area (Å²) in [6.45, 7) is 3.50. The van der Waals surface area contributed by atoms with Crippen LogP contribution in [0.2, 0.25) is 0 Å². The van der Waals surface area contributed by atoms with E-state index >= 15 is 0 Å². The lowest BCUT2D eigenvalue weighted by Gasteiger charge is -2.34. The number of piperazine rings is 1. The molecule has 5 rings (SSSR count). The van der Waals surface area contributed by atoms with E-state index in [4.69, 9.17) is 4.42 Å². The number of anilines is 1. The molecular weight excluding hydrogens is 434 g/mol. The summed E-state index contributed by atoms with van der Waals surface area (Å²) in [5, 5.41) is 4.37. The van der Waals surface area contributed by atoms with Crippen molar-refractivity contribution in [3.63, 3.8) is 0 Å². The van der Waals surface area contributed by atoms with Crippen molar-refractivity contribution < 1.29 is 12.8 Å². The molecule has 1 fully saturated rings. The van der Waals surface area contributed by atoms with Crippen LogP contribution >= 0.6 is 0 Å². The summed E-state index contributed by atoms with van der Waals surface area (Å²) in [6.07, 6.45) is 3.31. The molecule has 0 amide bonds. The number of aryl methyl sites for hydroxylation is 2. The molecule has 0 unspecified atom stereocenters. The van der Waals surface area contributed by atoms with Crippen LogP contribution in [0.4, 0.5) is 5.82 Å². The Morgan fingerprint density at radius 2 is 1.75 bits per heavy atom. The molecule has 1 aromatic carbocycles. The van der Waals surface area contributed by atoms with E-state index in [-0.39, 0.29) is 4.90 Å². The van der Waals surface area contributed by atoms with Gasteiger partial charge in [-0.15, -0.1) is 0 Å². The van der Waals surface area contributed by atoms with Gasteiger partial charge in [0, 0.05) is 45.5 Å². The highest BCUT2D eigenvalue weighted by Crippen LogP contribution is 2.23. The maximum atomic E-state index is 13.2. The summed E-state index contributed by atoms with van der Waals surface area (Å²) in [5.74, 6) is 0.838. The molecule has 0 N–H and O–H groups in total. The van der Waals surface area contributed by atoms with Gasteiger partial charge in [-0.2, -0.15) is 9.40 Å². The van der Waals surface area contributed by atoms with E-state index in [1.54, 1.807) is 11.7 Å². The van der Waals surface area contributed by atoms with E-state index in [1.165, 1.54) is 33.4 Å². The van der Waals surface area contributed by atoms with Crippen LogP contribution in [0.15, 0.2) is 57.0 Å². The third kappa shape index (κ3) is 3.46. The third-order valence-corrected chi connectivity index (χ3v) is 7.45. The molecule has 1 saturated heterocycles. The van der Waals surface area contributed by atoms with Crippen LogP contribution in [-0.4, -0.2) is 63.2 Å². The van der Waals surface area contributed by atoms with Crippen molar-refractivity contribution >= 4 is 26.9 Å². The summed E-state index contributed by atoms with van der Waals surface area (Å²) in [7, 11) is -2.17. The standard InChI is InChI=1S/C20H21N7O4S/c1-14-5-6-27(23-14)19-12-18(21-13-22-19)25-7-9-26(10-8-25)32(29,30)15-3-4-17-16(11-15)24(2)20(28)31-17/h3-6,11-13H,7-10H2,1-2H3. The fraction of sp³-hybridized carbons (Fsp3) is 0.300. The molecule has 0 aliphatic carbocycles. The van der Waals surface area contributed by atoms with Crippen LogP contribution < -0.4 is 10.7 Å². The lowest BCUT2D eigenvalue weighted by atomic mass is 10.3. The monoisotopic (exact) mass is 455 g/mol. The SMILES string of the molecule is Cc1ccn(-c2cc(N3CCN(S(=O)(=O)c4ccc5oc(=O)n(C)c5c4)CC3)ncn2)n1. The van der Waals surface area contributed by atoms with Gasteiger partial charge < -0.3 is 9.32 Å². The highest BCUT2D eigenvalue weighted by Gasteiger charge is 2.29. The summed E-state index contributed by atoms with van der Waals surface area (Å²) < 4.78 is 35.9. The molecule has 12 heteroatoms. The van der Waals surface area contributed by atoms with Gasteiger partial charge in [0.2, 0.25) is 10.0 Å². The van der Waals surface area contributed by atoms with Crippen molar-refractivity contribution in [1.29, 1.82) is 0 Å². The zero-order valence-electron chi connectivity index (χ0n) is 17.5. The number of fused-ring (bicyclic) bond motifs is 1. The van der Waals surface area contributed by atoms with Crippen molar-refractivity contribution in [2.24, 2.45) is 7.05 Å². The number of hydrogen-bond acceptors (Lipinski definition) is 8. The molecule has 0 radical (unpaired) electrons. The molecule has 1 aliphatic heterocycles. The maximum absolute atomic E-state index is 13.2. The fourth-order valence-corrected chi connectivity index (χ4v) is 5.19. The van der Waals surface area contributed by atoms with Crippen LogP contribution in [0.5, 0.6) is 0 Å². The maximum Gasteiger partial charge on any atom is 0.419 e. The Kier molecular flexibility index (Phi) is 4.82. The van der Waals surface area contributed by atoms with Gasteiger partial charge in [-0.1, -0.05) is 0 Å². The highest BCUT2D eigenvalue weighted by molar-refractivity contribution is 7.89. The van der Waals surface area contributed by atoms with Gasteiger partial charge >= 0.3 is 5.76 Å². The van der Waals surface area contributed by atoms with Crippen molar-refractivity contribution in [3.05, 3.63) is 59.1 Å². The van der Waals surface area contributed by atoms with Gasteiger partial charge in [-0.25, -0.2) is 27.9 Å². The minimum absolute atomic E-state index is 0.133. The first kappa shape index (κ1) is 20.4. The Labute approximate surface area is 183 Å². The highest BCUT2D eigenvalue weighted by atomic mass is 32.2. The largest absolute Gasteiger partial charge is 0.419 e. The Balaban J connectivity index is 1.34. The Morgan fingerprint density at radius 3 is 2.47 bits per heavy atom. The molecular formula is C20H21N7O4S. The second-order valence-corrected chi connectivity index (χ2v) is 9.52. The lowest BCUT2D eigenvalue weighted by Crippen LogP contribution is -2.49. The Bertz CT molecular complexity index is 1460. The van der Waals surface area contributed by atoms with E-state index in [0.717, 1.165) is 11.5 Å². The number of benzene rings is 1. The number of oxazole rings is 1. The minimum atomic E-state index is -3.71. The number of sulfonamides is 1. The molecule has 0 atom stereocenters. The fourth-order valence-electron chi connectivity index (χ4n) is 3.75. The predicted molar refractivity (Wildman–Crippen MR) is 116 cm³/mol.